The Morgan fingerprint density at radius 1 is 1.32 bits per heavy atom. The SMILES string of the molecule is O=C(NCCc1cnn(-c2ccccc2)c1)C1CCCCN1. The fourth-order valence-electron chi connectivity index (χ4n) is 2.74. The highest BCUT2D eigenvalue weighted by Gasteiger charge is 2.19. The van der Waals surface area contributed by atoms with E-state index in [1.165, 1.54) is 6.42 Å². The van der Waals surface area contributed by atoms with Gasteiger partial charge in [-0.1, -0.05) is 24.6 Å². The molecule has 1 aromatic carbocycles. The Morgan fingerprint density at radius 2 is 2.18 bits per heavy atom. The molecular formula is C17H22N4O. The van der Waals surface area contributed by atoms with Crippen LogP contribution in [0.5, 0.6) is 0 Å². The van der Waals surface area contributed by atoms with Gasteiger partial charge in [-0.05, 0) is 43.5 Å². The Kier molecular flexibility index (Phi) is 4.85. The normalized spacial score (nSPS) is 18.1. The number of nitrogens with one attached hydrogen (secondary N) is 2. The Labute approximate surface area is 130 Å². The van der Waals surface area contributed by atoms with Crippen LogP contribution in [0, 0.1) is 0 Å². The number of hydrogen-bond acceptors (Lipinski definition) is 3. The van der Waals surface area contributed by atoms with Gasteiger partial charge in [0.2, 0.25) is 5.91 Å². The predicted molar refractivity (Wildman–Crippen MR) is 85.9 cm³/mol. The van der Waals surface area contributed by atoms with Crippen molar-refractivity contribution in [1.82, 2.24) is 20.4 Å². The minimum Gasteiger partial charge on any atom is -0.354 e. The van der Waals surface area contributed by atoms with Crippen LogP contribution in [0.15, 0.2) is 42.7 Å². The molecule has 0 spiro atoms. The molecule has 0 aliphatic carbocycles. The third-order valence-electron chi connectivity index (χ3n) is 4.00. The zero-order chi connectivity index (χ0) is 15.2. The van der Waals surface area contributed by atoms with Crippen molar-refractivity contribution in [3.05, 3.63) is 48.3 Å². The first-order valence-electron chi connectivity index (χ1n) is 7.93. The van der Waals surface area contributed by atoms with Crippen LogP contribution >= 0.6 is 0 Å². The van der Waals surface area contributed by atoms with Crippen molar-refractivity contribution in [3.63, 3.8) is 0 Å². The van der Waals surface area contributed by atoms with Crippen molar-refractivity contribution >= 4 is 5.91 Å². The standard InChI is InChI=1S/C17H22N4O/c22-17(16-8-4-5-10-18-16)19-11-9-14-12-20-21(13-14)15-6-2-1-3-7-15/h1-3,6-7,12-13,16,18H,4-5,8-11H2,(H,19,22). The molecule has 2 aromatic rings. The predicted octanol–water partition coefficient (Wildman–Crippen LogP) is 1.67. The van der Waals surface area contributed by atoms with Crippen LogP contribution in [0.25, 0.3) is 5.69 Å². The summed E-state index contributed by atoms with van der Waals surface area (Å²) in [7, 11) is 0. The van der Waals surface area contributed by atoms with E-state index in [-0.39, 0.29) is 11.9 Å². The van der Waals surface area contributed by atoms with E-state index in [0.717, 1.165) is 37.1 Å². The second kappa shape index (κ2) is 7.22. The highest BCUT2D eigenvalue weighted by atomic mass is 16.2. The van der Waals surface area contributed by atoms with Gasteiger partial charge in [0, 0.05) is 12.7 Å². The number of rotatable bonds is 5. The van der Waals surface area contributed by atoms with Crippen LogP contribution < -0.4 is 10.6 Å². The number of benzene rings is 1. The molecule has 2 heterocycles. The summed E-state index contributed by atoms with van der Waals surface area (Å²) >= 11 is 0. The van der Waals surface area contributed by atoms with Crippen LogP contribution in [0.3, 0.4) is 0 Å². The minimum atomic E-state index is -0.0132. The first-order chi connectivity index (χ1) is 10.8. The highest BCUT2D eigenvalue weighted by molar-refractivity contribution is 5.81. The van der Waals surface area contributed by atoms with E-state index < -0.39 is 0 Å². The smallest absolute Gasteiger partial charge is 0.237 e. The van der Waals surface area contributed by atoms with E-state index in [1.54, 1.807) is 0 Å². The fourth-order valence-corrected chi connectivity index (χ4v) is 2.74. The van der Waals surface area contributed by atoms with Gasteiger partial charge in [-0.25, -0.2) is 4.68 Å². The molecule has 1 atom stereocenters. The Hall–Kier alpha value is -2.14. The summed E-state index contributed by atoms with van der Waals surface area (Å²) in [6.45, 7) is 1.60. The number of piperidine rings is 1. The van der Waals surface area contributed by atoms with Gasteiger partial charge in [0.25, 0.3) is 0 Å². The highest BCUT2D eigenvalue weighted by Crippen LogP contribution is 2.09. The lowest BCUT2D eigenvalue weighted by molar-refractivity contribution is -0.123. The molecule has 116 valence electrons. The van der Waals surface area contributed by atoms with Crippen LogP contribution in [0.2, 0.25) is 0 Å². The van der Waals surface area contributed by atoms with Crippen molar-refractivity contribution in [2.45, 2.75) is 31.7 Å². The summed E-state index contributed by atoms with van der Waals surface area (Å²) in [4.78, 5) is 12.0. The number of hydrogen-bond donors (Lipinski definition) is 2. The van der Waals surface area contributed by atoms with Crippen molar-refractivity contribution in [2.24, 2.45) is 0 Å². The Bertz CT molecular complexity index is 602. The van der Waals surface area contributed by atoms with Gasteiger partial charge in [-0.3, -0.25) is 4.79 Å². The maximum Gasteiger partial charge on any atom is 0.237 e. The third kappa shape index (κ3) is 3.74. The van der Waals surface area contributed by atoms with Crippen LogP contribution in [-0.4, -0.2) is 34.8 Å². The molecule has 5 heteroatoms. The van der Waals surface area contributed by atoms with Gasteiger partial charge in [0.1, 0.15) is 0 Å². The molecular weight excluding hydrogens is 276 g/mol. The molecule has 1 aliphatic rings. The minimum absolute atomic E-state index is 0.0132. The maximum absolute atomic E-state index is 12.0. The molecule has 1 fully saturated rings. The monoisotopic (exact) mass is 298 g/mol. The van der Waals surface area contributed by atoms with E-state index in [0.29, 0.717) is 6.54 Å². The largest absolute Gasteiger partial charge is 0.354 e. The molecule has 1 unspecified atom stereocenters. The van der Waals surface area contributed by atoms with Crippen molar-refractivity contribution < 1.29 is 4.79 Å². The average molecular weight is 298 g/mol. The van der Waals surface area contributed by atoms with Crippen LogP contribution in [0.1, 0.15) is 24.8 Å². The number of aromatic nitrogens is 2. The Balaban J connectivity index is 1.48. The summed E-state index contributed by atoms with van der Waals surface area (Å²) < 4.78 is 1.86. The summed E-state index contributed by atoms with van der Waals surface area (Å²) in [5.74, 6) is 0.121. The van der Waals surface area contributed by atoms with E-state index in [2.05, 4.69) is 15.7 Å². The number of carbonyl (C=O) groups is 1. The summed E-state index contributed by atoms with van der Waals surface area (Å²) in [5.41, 5.74) is 2.17. The van der Waals surface area contributed by atoms with Gasteiger partial charge in [-0.2, -0.15) is 5.10 Å². The number of nitrogens with zero attached hydrogens (tertiary/aromatic N) is 2. The Morgan fingerprint density at radius 3 is 2.95 bits per heavy atom. The summed E-state index contributed by atoms with van der Waals surface area (Å²) in [6, 6.07) is 10.0. The average Bonchev–Trinajstić information content (AvgIpc) is 3.05. The lowest BCUT2D eigenvalue weighted by Gasteiger charge is -2.22. The topological polar surface area (TPSA) is 59.0 Å². The van der Waals surface area contributed by atoms with Crippen LogP contribution in [0.4, 0.5) is 0 Å². The zero-order valence-electron chi connectivity index (χ0n) is 12.7. The molecule has 1 aliphatic heterocycles. The number of carbonyl (C=O) groups excluding carboxylic acids is 1. The van der Waals surface area contributed by atoms with Gasteiger partial charge in [-0.15, -0.1) is 0 Å². The summed E-state index contributed by atoms with van der Waals surface area (Å²) in [5, 5.41) is 10.6. The van der Waals surface area contributed by atoms with E-state index >= 15 is 0 Å². The second-order valence-electron chi connectivity index (χ2n) is 5.67. The van der Waals surface area contributed by atoms with E-state index in [4.69, 9.17) is 0 Å². The fraction of sp³-hybridized carbons (Fsp3) is 0.412. The first kappa shape index (κ1) is 14.8. The molecule has 1 saturated heterocycles. The van der Waals surface area contributed by atoms with E-state index in [9.17, 15) is 4.79 Å². The molecule has 22 heavy (non-hydrogen) atoms. The molecule has 0 radical (unpaired) electrons. The molecule has 0 saturated carbocycles. The van der Waals surface area contributed by atoms with E-state index in [1.807, 2.05) is 47.4 Å². The number of para-hydroxylation sites is 1. The zero-order valence-corrected chi connectivity index (χ0v) is 12.7. The first-order valence-corrected chi connectivity index (χ1v) is 7.93. The molecule has 3 rings (SSSR count). The van der Waals surface area contributed by atoms with Crippen molar-refractivity contribution in [2.75, 3.05) is 13.1 Å². The second-order valence-corrected chi connectivity index (χ2v) is 5.67. The molecule has 5 nitrogen and oxygen atoms in total. The van der Waals surface area contributed by atoms with Gasteiger partial charge < -0.3 is 10.6 Å². The van der Waals surface area contributed by atoms with Gasteiger partial charge in [0.05, 0.1) is 17.9 Å². The number of amides is 1. The van der Waals surface area contributed by atoms with Gasteiger partial charge in [0.15, 0.2) is 0 Å². The molecule has 0 bridgehead atoms. The van der Waals surface area contributed by atoms with Crippen molar-refractivity contribution in [3.8, 4) is 5.69 Å². The quantitative estimate of drug-likeness (QED) is 0.883. The molecule has 1 aromatic heterocycles. The molecule has 2 N–H and O–H groups in total. The maximum atomic E-state index is 12.0. The summed E-state index contributed by atoms with van der Waals surface area (Å²) in [6.07, 6.45) is 7.92. The van der Waals surface area contributed by atoms with Crippen LogP contribution in [-0.2, 0) is 11.2 Å². The van der Waals surface area contributed by atoms with Crippen molar-refractivity contribution in [1.29, 1.82) is 0 Å². The lowest BCUT2D eigenvalue weighted by atomic mass is 10.0. The van der Waals surface area contributed by atoms with Gasteiger partial charge >= 0.3 is 0 Å². The molecule has 1 amide bonds. The lowest BCUT2D eigenvalue weighted by Crippen LogP contribution is -2.47. The third-order valence-corrected chi connectivity index (χ3v) is 4.00.